The van der Waals surface area contributed by atoms with Gasteiger partial charge >= 0.3 is 6.09 Å². The smallest absolute Gasteiger partial charge is 0.412 e. The summed E-state index contributed by atoms with van der Waals surface area (Å²) in [5.41, 5.74) is 0.734. The fourth-order valence-electron chi connectivity index (χ4n) is 3.05. The monoisotopic (exact) mass is 441 g/mol. The van der Waals surface area contributed by atoms with Crippen molar-refractivity contribution in [2.75, 3.05) is 17.7 Å². The van der Waals surface area contributed by atoms with Gasteiger partial charge in [0.1, 0.15) is 11.4 Å². The topological polar surface area (TPSA) is 64.6 Å². The molecule has 1 aliphatic heterocycles. The summed E-state index contributed by atoms with van der Waals surface area (Å²) >= 11 is 11.9. The summed E-state index contributed by atoms with van der Waals surface area (Å²) < 4.78 is 23.7. The summed E-state index contributed by atoms with van der Waals surface area (Å²) in [5.74, 6) is 1.19. The fourth-order valence-corrected chi connectivity index (χ4v) is 4.58. The van der Waals surface area contributed by atoms with E-state index in [1.165, 1.54) is 0 Å². The number of cyclic esters (lactones) is 1. The number of unbranched alkanes of at least 4 members (excludes halogenated alkanes) is 1. The summed E-state index contributed by atoms with van der Waals surface area (Å²) in [4.78, 5) is 12.3. The summed E-state index contributed by atoms with van der Waals surface area (Å²) in [6.45, 7) is 4.13. The number of benzene rings is 2. The quantitative estimate of drug-likeness (QED) is 0.554. The van der Waals surface area contributed by atoms with E-state index in [1.807, 2.05) is 32.0 Å². The zero-order chi connectivity index (χ0) is 20.3. The maximum atomic E-state index is 12.4. The molecule has 0 bridgehead atoms. The highest BCUT2D eigenvalue weighted by Crippen LogP contribution is 2.41. The molecule has 0 spiro atoms. The van der Waals surface area contributed by atoms with Gasteiger partial charge in [-0.05, 0) is 57.0 Å². The van der Waals surface area contributed by atoms with Gasteiger partial charge in [-0.2, -0.15) is 0 Å². The number of amides is 1. The number of hydrogen-bond acceptors (Lipinski definition) is 4. The van der Waals surface area contributed by atoms with E-state index in [0.29, 0.717) is 38.7 Å². The molecule has 0 aliphatic carbocycles. The molecule has 150 valence electrons. The van der Waals surface area contributed by atoms with Crippen LogP contribution in [-0.2, 0) is 21.1 Å². The van der Waals surface area contributed by atoms with Crippen molar-refractivity contribution in [1.82, 2.24) is 0 Å². The molecule has 1 atom stereocenters. The van der Waals surface area contributed by atoms with E-state index in [0.717, 1.165) is 18.4 Å². The van der Waals surface area contributed by atoms with Gasteiger partial charge in [0.05, 0.1) is 38.7 Å². The standard InChI is InChI=1S/C20H21Cl2NO4S/c1-20(2)18-16(23-19(24)27-20)6-5-7-17(18)26-10-3-4-11-28(25)13-8-9-14(21)15(22)12-13/h5-9,12H,3-4,10-11H2,1-2H3,(H,23,24). The number of ether oxygens (including phenoxy) is 2. The number of hydrogen-bond donors (Lipinski definition) is 1. The van der Waals surface area contributed by atoms with Crippen LogP contribution in [-0.4, -0.2) is 22.7 Å². The minimum absolute atomic E-state index is 0.404. The molecule has 0 radical (unpaired) electrons. The maximum Gasteiger partial charge on any atom is 0.412 e. The second-order valence-electron chi connectivity index (χ2n) is 6.88. The van der Waals surface area contributed by atoms with Gasteiger partial charge < -0.3 is 9.47 Å². The van der Waals surface area contributed by atoms with Gasteiger partial charge in [0.25, 0.3) is 0 Å². The Bertz CT molecular complexity index is 917. The molecule has 2 aromatic carbocycles. The average Bonchev–Trinajstić information content (AvgIpc) is 2.62. The van der Waals surface area contributed by atoms with Crippen LogP contribution in [0.3, 0.4) is 0 Å². The van der Waals surface area contributed by atoms with Crippen LogP contribution < -0.4 is 10.1 Å². The van der Waals surface area contributed by atoms with Gasteiger partial charge in [0.2, 0.25) is 0 Å². The number of fused-ring (bicyclic) bond motifs is 1. The number of carbonyl (C=O) groups excluding carboxylic acids is 1. The van der Waals surface area contributed by atoms with Gasteiger partial charge in [-0.25, -0.2) is 4.79 Å². The van der Waals surface area contributed by atoms with Crippen molar-refractivity contribution in [1.29, 1.82) is 0 Å². The molecule has 1 amide bonds. The molecule has 1 unspecified atom stereocenters. The largest absolute Gasteiger partial charge is 0.493 e. The van der Waals surface area contributed by atoms with Gasteiger partial charge in [-0.15, -0.1) is 0 Å². The Morgan fingerprint density at radius 1 is 1.14 bits per heavy atom. The van der Waals surface area contributed by atoms with Crippen molar-refractivity contribution in [3.05, 3.63) is 52.0 Å². The highest BCUT2D eigenvalue weighted by Gasteiger charge is 2.36. The first-order valence-electron chi connectivity index (χ1n) is 8.87. The Hall–Kier alpha value is -1.76. The predicted octanol–water partition coefficient (Wildman–Crippen LogP) is 5.76. The summed E-state index contributed by atoms with van der Waals surface area (Å²) in [6.07, 6.45) is 1.00. The Labute approximate surface area is 176 Å². The van der Waals surface area contributed by atoms with E-state index in [1.54, 1.807) is 18.2 Å². The lowest BCUT2D eigenvalue weighted by atomic mass is 9.94. The number of rotatable bonds is 7. The van der Waals surface area contributed by atoms with Gasteiger partial charge in [-0.1, -0.05) is 29.3 Å². The summed E-state index contributed by atoms with van der Waals surface area (Å²) in [7, 11) is -1.13. The van der Waals surface area contributed by atoms with Crippen LogP contribution in [0.1, 0.15) is 32.3 Å². The minimum Gasteiger partial charge on any atom is -0.493 e. The number of anilines is 1. The van der Waals surface area contributed by atoms with Gasteiger partial charge in [-0.3, -0.25) is 9.53 Å². The SMILES string of the molecule is CC1(C)OC(=O)Nc2cccc(OCCCCS(=O)c3ccc(Cl)c(Cl)c3)c21. The summed E-state index contributed by atoms with van der Waals surface area (Å²) in [5, 5.41) is 3.55. The lowest BCUT2D eigenvalue weighted by Gasteiger charge is -2.33. The lowest BCUT2D eigenvalue weighted by Crippen LogP contribution is -2.35. The normalized spacial score (nSPS) is 15.9. The molecule has 0 saturated carbocycles. The first-order chi connectivity index (χ1) is 13.3. The molecule has 3 rings (SSSR count). The van der Waals surface area contributed by atoms with Crippen molar-refractivity contribution >= 4 is 45.8 Å². The van der Waals surface area contributed by atoms with Crippen LogP contribution >= 0.6 is 23.2 Å². The Morgan fingerprint density at radius 2 is 1.93 bits per heavy atom. The van der Waals surface area contributed by atoms with E-state index in [-0.39, 0.29) is 0 Å². The van der Waals surface area contributed by atoms with Gasteiger partial charge in [0, 0.05) is 10.6 Å². The Morgan fingerprint density at radius 3 is 2.68 bits per heavy atom. The van der Waals surface area contributed by atoms with Crippen LogP contribution in [0.2, 0.25) is 10.0 Å². The van der Waals surface area contributed by atoms with Crippen LogP contribution in [0, 0.1) is 0 Å². The zero-order valence-corrected chi connectivity index (χ0v) is 17.9. The van der Waals surface area contributed by atoms with Crippen molar-refractivity contribution in [3.8, 4) is 5.75 Å². The molecule has 2 aromatic rings. The van der Waals surface area contributed by atoms with Crippen molar-refractivity contribution in [2.24, 2.45) is 0 Å². The first-order valence-corrected chi connectivity index (χ1v) is 10.9. The highest BCUT2D eigenvalue weighted by atomic mass is 35.5. The predicted molar refractivity (Wildman–Crippen MR) is 112 cm³/mol. The zero-order valence-electron chi connectivity index (χ0n) is 15.6. The maximum absolute atomic E-state index is 12.4. The van der Waals surface area contributed by atoms with E-state index in [2.05, 4.69) is 5.32 Å². The molecular weight excluding hydrogens is 421 g/mol. The molecule has 1 aliphatic rings. The van der Waals surface area contributed by atoms with Crippen LogP contribution in [0.4, 0.5) is 10.5 Å². The molecular formula is C20H21Cl2NO4S. The van der Waals surface area contributed by atoms with E-state index in [4.69, 9.17) is 32.7 Å². The van der Waals surface area contributed by atoms with Crippen molar-refractivity contribution in [3.63, 3.8) is 0 Å². The van der Waals surface area contributed by atoms with Crippen LogP contribution in [0.5, 0.6) is 5.75 Å². The lowest BCUT2D eigenvalue weighted by molar-refractivity contribution is 0.0396. The number of carbonyl (C=O) groups is 1. The average molecular weight is 442 g/mol. The summed E-state index contributed by atoms with van der Waals surface area (Å²) in [6, 6.07) is 10.5. The Kier molecular flexibility index (Phi) is 6.53. The van der Waals surface area contributed by atoms with Crippen molar-refractivity contribution < 1.29 is 18.5 Å². The minimum atomic E-state index is -1.13. The van der Waals surface area contributed by atoms with E-state index < -0.39 is 22.5 Å². The van der Waals surface area contributed by atoms with Crippen molar-refractivity contribution in [2.45, 2.75) is 37.2 Å². The molecule has 1 heterocycles. The van der Waals surface area contributed by atoms with E-state index in [9.17, 15) is 9.00 Å². The molecule has 8 heteroatoms. The van der Waals surface area contributed by atoms with Crippen LogP contribution in [0.15, 0.2) is 41.3 Å². The number of nitrogens with one attached hydrogen (secondary N) is 1. The second kappa shape index (κ2) is 8.72. The molecule has 28 heavy (non-hydrogen) atoms. The third-order valence-electron chi connectivity index (χ3n) is 4.35. The third kappa shape index (κ3) is 4.80. The number of halogens is 2. The van der Waals surface area contributed by atoms with Crippen LogP contribution in [0.25, 0.3) is 0 Å². The molecule has 0 aromatic heterocycles. The molecule has 1 N–H and O–H groups in total. The first kappa shape index (κ1) is 21.0. The fraction of sp³-hybridized carbons (Fsp3) is 0.350. The molecule has 0 saturated heterocycles. The third-order valence-corrected chi connectivity index (χ3v) is 6.53. The van der Waals surface area contributed by atoms with E-state index >= 15 is 0 Å². The van der Waals surface area contributed by atoms with Gasteiger partial charge in [0.15, 0.2) is 0 Å². The molecule has 5 nitrogen and oxygen atoms in total. The Balaban J connectivity index is 1.54. The highest BCUT2D eigenvalue weighted by molar-refractivity contribution is 7.85. The second-order valence-corrected chi connectivity index (χ2v) is 9.27. The molecule has 0 fully saturated rings.